The highest BCUT2D eigenvalue weighted by Crippen LogP contribution is 2.37. The lowest BCUT2D eigenvalue weighted by Crippen LogP contribution is -2.16. The van der Waals surface area contributed by atoms with Crippen LogP contribution in [0.25, 0.3) is 33.0 Å². The van der Waals surface area contributed by atoms with E-state index in [1.807, 2.05) is 6.07 Å². The number of carboxylic acid groups (broad SMARTS) is 2. The van der Waals surface area contributed by atoms with E-state index in [0.717, 1.165) is 60.8 Å². The predicted molar refractivity (Wildman–Crippen MR) is 231 cm³/mol. The predicted octanol–water partition coefficient (Wildman–Crippen LogP) is 9.78. The minimum absolute atomic E-state index is 0.0732. The number of nitriles is 1. The summed E-state index contributed by atoms with van der Waals surface area (Å²) < 4.78 is 12.6. The van der Waals surface area contributed by atoms with Gasteiger partial charge in [-0.3, -0.25) is 14.6 Å². The van der Waals surface area contributed by atoms with Crippen LogP contribution >= 0.6 is 11.6 Å². The standard InChI is InChI=1S/C48H47ClN4O6/c1-31-39(30-59-46-23-45(58-29-35-19-34(24-50)26-53-27-35)40(22-44(46)49)28-52-18-6-12-48(56)57)7-3-9-42(31)43-10-4-8-41(32(43)2)38-16-15-36-20-33(13-14-37(36)21-38)25-51-17-5-11-47(54)55/h3-4,7-10,13-16,19-23,26-27,51-52H,5-6,11-12,17-18,25,28-30H2,1-2H3,(H,54,55)(H,56,57). The monoisotopic (exact) mass is 810 g/mol. The molecule has 0 radical (unpaired) electrons. The quantitative estimate of drug-likeness (QED) is 0.0548. The van der Waals surface area contributed by atoms with Crippen LogP contribution in [0.15, 0.2) is 103 Å². The average Bonchev–Trinajstić information content (AvgIpc) is 3.23. The molecule has 4 N–H and O–H groups in total. The summed E-state index contributed by atoms with van der Waals surface area (Å²) in [5, 5.41) is 36.5. The molecule has 0 atom stereocenters. The number of nitrogens with zero attached hydrogens (tertiary/aromatic N) is 2. The maximum Gasteiger partial charge on any atom is 0.303 e. The topological polar surface area (TPSA) is 154 Å². The first-order chi connectivity index (χ1) is 28.6. The normalized spacial score (nSPS) is 11.0. The summed E-state index contributed by atoms with van der Waals surface area (Å²) in [4.78, 5) is 25.9. The van der Waals surface area contributed by atoms with Crippen molar-refractivity contribution in [3.8, 4) is 39.8 Å². The maximum absolute atomic E-state index is 11.0. The van der Waals surface area contributed by atoms with Crippen LogP contribution in [-0.2, 0) is 35.9 Å². The summed E-state index contributed by atoms with van der Waals surface area (Å²) in [5.74, 6) is -0.608. The van der Waals surface area contributed by atoms with E-state index in [1.54, 1.807) is 24.4 Å². The number of rotatable bonds is 20. The highest BCUT2D eigenvalue weighted by molar-refractivity contribution is 6.32. The van der Waals surface area contributed by atoms with Crippen LogP contribution in [0.4, 0.5) is 0 Å². The Balaban J connectivity index is 1.18. The van der Waals surface area contributed by atoms with Crippen LogP contribution < -0.4 is 20.1 Å². The molecule has 0 saturated carbocycles. The Hall–Kier alpha value is -6.25. The Bertz CT molecular complexity index is 2500. The first-order valence-electron chi connectivity index (χ1n) is 19.6. The molecule has 0 amide bonds. The second kappa shape index (κ2) is 20.4. The summed E-state index contributed by atoms with van der Waals surface area (Å²) in [6.07, 6.45) is 4.47. The van der Waals surface area contributed by atoms with Crippen LogP contribution in [0.1, 0.15) is 64.6 Å². The number of aliphatic carboxylic acids is 2. The van der Waals surface area contributed by atoms with Crippen molar-refractivity contribution in [1.29, 1.82) is 5.26 Å². The molecule has 0 aliphatic heterocycles. The van der Waals surface area contributed by atoms with Gasteiger partial charge in [-0.1, -0.05) is 72.3 Å². The summed E-state index contributed by atoms with van der Waals surface area (Å²) in [7, 11) is 0. The highest BCUT2D eigenvalue weighted by atomic mass is 35.5. The van der Waals surface area contributed by atoms with Gasteiger partial charge in [0.2, 0.25) is 0 Å². The molecule has 11 heteroatoms. The minimum atomic E-state index is -0.839. The van der Waals surface area contributed by atoms with Crippen molar-refractivity contribution in [3.63, 3.8) is 0 Å². The summed E-state index contributed by atoms with van der Waals surface area (Å²) >= 11 is 6.80. The molecule has 0 unspecified atom stereocenters. The van der Waals surface area contributed by atoms with Gasteiger partial charge in [-0.15, -0.1) is 0 Å². The fourth-order valence-corrected chi connectivity index (χ4v) is 7.27. The Morgan fingerprint density at radius 2 is 1.36 bits per heavy atom. The lowest BCUT2D eigenvalue weighted by Gasteiger charge is -2.18. The summed E-state index contributed by atoms with van der Waals surface area (Å²) in [5.41, 5.74) is 10.9. The third-order valence-corrected chi connectivity index (χ3v) is 10.5. The number of halogens is 1. The van der Waals surface area contributed by atoms with Crippen molar-refractivity contribution >= 4 is 34.3 Å². The summed E-state index contributed by atoms with van der Waals surface area (Å²) in [6, 6.07) is 33.0. The molecule has 6 rings (SSSR count). The Morgan fingerprint density at radius 3 is 2.10 bits per heavy atom. The Kier molecular flexibility index (Phi) is 14.7. The smallest absolute Gasteiger partial charge is 0.303 e. The van der Waals surface area contributed by atoms with Crippen molar-refractivity contribution in [3.05, 3.63) is 147 Å². The Morgan fingerprint density at radius 1 is 0.695 bits per heavy atom. The van der Waals surface area contributed by atoms with Gasteiger partial charge in [0, 0.05) is 55.5 Å². The molecule has 0 saturated heterocycles. The molecule has 302 valence electrons. The minimum Gasteiger partial charge on any atom is -0.488 e. The van der Waals surface area contributed by atoms with E-state index < -0.39 is 11.9 Å². The van der Waals surface area contributed by atoms with E-state index in [1.165, 1.54) is 11.8 Å². The fourth-order valence-electron chi connectivity index (χ4n) is 7.03. The molecule has 1 aromatic heterocycles. The molecule has 5 aromatic carbocycles. The van der Waals surface area contributed by atoms with Gasteiger partial charge >= 0.3 is 11.9 Å². The molecule has 0 fully saturated rings. The van der Waals surface area contributed by atoms with Gasteiger partial charge in [-0.25, -0.2) is 0 Å². The second-order valence-electron chi connectivity index (χ2n) is 14.5. The average molecular weight is 811 g/mol. The van der Waals surface area contributed by atoms with E-state index in [4.69, 9.17) is 31.3 Å². The van der Waals surface area contributed by atoms with Gasteiger partial charge in [-0.2, -0.15) is 5.26 Å². The molecule has 10 nitrogen and oxygen atoms in total. The maximum atomic E-state index is 11.0. The molecule has 0 aliphatic carbocycles. The highest BCUT2D eigenvalue weighted by Gasteiger charge is 2.16. The number of hydrogen-bond donors (Lipinski definition) is 4. The molecule has 0 spiro atoms. The van der Waals surface area contributed by atoms with Crippen LogP contribution in [0.2, 0.25) is 5.02 Å². The van der Waals surface area contributed by atoms with Crippen LogP contribution in [0.3, 0.4) is 0 Å². The zero-order valence-corrected chi connectivity index (χ0v) is 33.9. The molecule has 1 heterocycles. The first kappa shape index (κ1) is 42.4. The number of benzene rings is 5. The van der Waals surface area contributed by atoms with E-state index >= 15 is 0 Å². The second-order valence-corrected chi connectivity index (χ2v) is 14.9. The zero-order valence-electron chi connectivity index (χ0n) is 33.2. The number of pyridine rings is 1. The third kappa shape index (κ3) is 11.5. The van der Waals surface area contributed by atoms with E-state index in [9.17, 15) is 14.9 Å². The number of nitrogens with one attached hydrogen (secondary N) is 2. The molecule has 0 bridgehead atoms. The van der Waals surface area contributed by atoms with Gasteiger partial charge in [0.15, 0.2) is 0 Å². The number of fused-ring (bicyclic) bond motifs is 1. The van der Waals surface area contributed by atoms with Crippen molar-refractivity contribution in [2.45, 2.75) is 65.8 Å². The fraction of sp³-hybridized carbons (Fsp3) is 0.250. The van der Waals surface area contributed by atoms with E-state index in [-0.39, 0.29) is 26.1 Å². The van der Waals surface area contributed by atoms with Crippen LogP contribution in [-0.4, -0.2) is 40.2 Å². The number of ether oxygens (including phenoxy) is 2. The van der Waals surface area contributed by atoms with Gasteiger partial charge in [-0.05, 0) is 119 Å². The number of carbonyl (C=O) groups is 2. The van der Waals surface area contributed by atoms with Crippen molar-refractivity contribution in [2.75, 3.05) is 13.1 Å². The van der Waals surface area contributed by atoms with E-state index in [2.05, 4.69) is 102 Å². The van der Waals surface area contributed by atoms with E-state index in [0.29, 0.717) is 61.1 Å². The van der Waals surface area contributed by atoms with Gasteiger partial charge in [0.1, 0.15) is 30.8 Å². The molecule has 6 aromatic rings. The number of aromatic nitrogens is 1. The van der Waals surface area contributed by atoms with Gasteiger partial charge in [0.05, 0.1) is 10.6 Å². The molecular weight excluding hydrogens is 764 g/mol. The zero-order chi connectivity index (χ0) is 41.7. The summed E-state index contributed by atoms with van der Waals surface area (Å²) in [6.45, 7) is 6.96. The van der Waals surface area contributed by atoms with Gasteiger partial charge in [0.25, 0.3) is 0 Å². The SMILES string of the molecule is Cc1c(COc2cc(OCc3cncc(C#N)c3)c(CNCCCC(=O)O)cc2Cl)cccc1-c1cccc(-c2ccc3cc(CNCCCC(=O)O)ccc3c2)c1C. The Labute approximate surface area is 349 Å². The first-order valence-corrected chi connectivity index (χ1v) is 20.0. The largest absolute Gasteiger partial charge is 0.488 e. The lowest BCUT2D eigenvalue weighted by molar-refractivity contribution is -0.138. The molecule has 0 aliphatic rings. The van der Waals surface area contributed by atoms with Crippen LogP contribution in [0.5, 0.6) is 11.5 Å². The van der Waals surface area contributed by atoms with Crippen molar-refractivity contribution in [2.24, 2.45) is 0 Å². The molecular formula is C48H47ClN4O6. The number of hydrogen-bond acceptors (Lipinski definition) is 8. The third-order valence-electron chi connectivity index (χ3n) is 10.2. The number of carboxylic acids is 2. The van der Waals surface area contributed by atoms with Crippen molar-refractivity contribution < 1.29 is 29.3 Å². The van der Waals surface area contributed by atoms with Gasteiger partial charge < -0.3 is 30.3 Å². The van der Waals surface area contributed by atoms with Crippen molar-refractivity contribution in [1.82, 2.24) is 15.6 Å². The lowest BCUT2D eigenvalue weighted by atomic mass is 9.89. The van der Waals surface area contributed by atoms with Crippen LogP contribution in [0, 0.1) is 25.2 Å². The molecule has 59 heavy (non-hydrogen) atoms.